The van der Waals surface area contributed by atoms with Crippen molar-refractivity contribution in [2.24, 2.45) is 0 Å². The minimum absolute atomic E-state index is 1.04. The lowest BCUT2D eigenvalue weighted by Crippen LogP contribution is -2.43. The first-order valence-corrected chi connectivity index (χ1v) is 8.09. The molecule has 1 saturated heterocycles. The number of nitrogens with one attached hydrogen (secondary N) is 1. The normalized spacial score (nSPS) is 15.8. The average molecular weight is 338 g/mol. The quantitative estimate of drug-likeness (QED) is 0.911. The molecule has 5 heteroatoms. The zero-order valence-corrected chi connectivity index (χ0v) is 13.2. The molecule has 1 aromatic carbocycles. The number of aryl methyl sites for hydroxylation is 1. The molecule has 2 heterocycles. The van der Waals surface area contributed by atoms with Crippen LogP contribution >= 0.6 is 27.3 Å². The van der Waals surface area contributed by atoms with Crippen LogP contribution in [0.2, 0.25) is 0 Å². The summed E-state index contributed by atoms with van der Waals surface area (Å²) in [6, 6.07) is 6.35. The largest absolute Gasteiger partial charge is 0.353 e. The second-order valence-electron chi connectivity index (χ2n) is 4.71. The highest BCUT2D eigenvalue weighted by molar-refractivity contribution is 9.10. The molecule has 3 nitrogen and oxygen atoms in total. The Hall–Kier alpha value is -0.910. The Labute approximate surface area is 125 Å². The van der Waals surface area contributed by atoms with Gasteiger partial charge in [0.15, 0.2) is 0 Å². The van der Waals surface area contributed by atoms with Gasteiger partial charge in [-0.05, 0) is 24.6 Å². The number of hydrogen-bond donors (Lipinski definition) is 1. The second-order valence-corrected chi connectivity index (χ2v) is 6.48. The number of aromatic nitrogens is 1. The summed E-state index contributed by atoms with van der Waals surface area (Å²) in [4.78, 5) is 7.15. The van der Waals surface area contributed by atoms with Gasteiger partial charge in [0.05, 0.1) is 0 Å². The predicted octanol–water partition coefficient (Wildman–Crippen LogP) is 3.29. The van der Waals surface area contributed by atoms with Gasteiger partial charge in [-0.15, -0.1) is 11.3 Å². The molecule has 3 rings (SSSR count). The Kier molecular flexibility index (Phi) is 3.86. The summed E-state index contributed by atoms with van der Waals surface area (Å²) in [7, 11) is 0. The molecular formula is C14H16BrN3S. The molecule has 0 unspecified atom stereocenters. The molecule has 1 aromatic heterocycles. The van der Waals surface area contributed by atoms with Crippen LogP contribution in [0.1, 0.15) is 5.56 Å². The lowest BCUT2D eigenvalue weighted by atomic mass is 10.1. The molecule has 1 fully saturated rings. The van der Waals surface area contributed by atoms with Crippen LogP contribution < -0.4 is 10.2 Å². The van der Waals surface area contributed by atoms with E-state index in [1.807, 2.05) is 0 Å². The fraction of sp³-hybridized carbons (Fsp3) is 0.357. The Morgan fingerprint density at radius 1 is 1.32 bits per heavy atom. The van der Waals surface area contributed by atoms with Crippen molar-refractivity contribution in [3.8, 4) is 10.6 Å². The summed E-state index contributed by atoms with van der Waals surface area (Å²) in [5, 5.41) is 6.64. The van der Waals surface area contributed by atoms with Crippen molar-refractivity contribution in [2.75, 3.05) is 31.1 Å². The van der Waals surface area contributed by atoms with Gasteiger partial charge in [0, 0.05) is 41.6 Å². The molecular weight excluding hydrogens is 322 g/mol. The van der Waals surface area contributed by atoms with Gasteiger partial charge < -0.3 is 10.2 Å². The van der Waals surface area contributed by atoms with E-state index in [0.717, 1.165) is 41.5 Å². The third-order valence-electron chi connectivity index (χ3n) is 3.36. The zero-order valence-electron chi connectivity index (χ0n) is 10.8. The fourth-order valence-electron chi connectivity index (χ4n) is 2.25. The van der Waals surface area contributed by atoms with Crippen molar-refractivity contribution in [2.45, 2.75) is 6.92 Å². The van der Waals surface area contributed by atoms with Crippen LogP contribution in [0.4, 0.5) is 5.82 Å². The van der Waals surface area contributed by atoms with Gasteiger partial charge in [-0.3, -0.25) is 0 Å². The summed E-state index contributed by atoms with van der Waals surface area (Å²) < 4.78 is 1.10. The Balaban J connectivity index is 1.89. The second kappa shape index (κ2) is 5.61. The minimum atomic E-state index is 1.04. The highest BCUT2D eigenvalue weighted by Gasteiger charge is 2.15. The molecule has 19 heavy (non-hydrogen) atoms. The van der Waals surface area contributed by atoms with Gasteiger partial charge in [0.2, 0.25) is 0 Å². The van der Waals surface area contributed by atoms with Gasteiger partial charge in [0.25, 0.3) is 0 Å². The number of nitrogens with zero attached hydrogens (tertiary/aromatic N) is 2. The number of benzene rings is 1. The molecule has 2 aromatic rings. The monoisotopic (exact) mass is 337 g/mol. The lowest BCUT2D eigenvalue weighted by Gasteiger charge is -2.27. The van der Waals surface area contributed by atoms with Gasteiger partial charge in [0.1, 0.15) is 10.8 Å². The SMILES string of the molecule is Cc1ccc(Br)cc1-c1nc(N2CCNCC2)cs1. The van der Waals surface area contributed by atoms with Crippen LogP contribution in [-0.2, 0) is 0 Å². The van der Waals surface area contributed by atoms with Gasteiger partial charge in [-0.25, -0.2) is 4.98 Å². The van der Waals surface area contributed by atoms with Crippen molar-refractivity contribution in [1.82, 2.24) is 10.3 Å². The van der Waals surface area contributed by atoms with Gasteiger partial charge >= 0.3 is 0 Å². The number of halogens is 1. The van der Waals surface area contributed by atoms with E-state index in [1.54, 1.807) is 11.3 Å². The minimum Gasteiger partial charge on any atom is -0.353 e. The maximum atomic E-state index is 4.80. The smallest absolute Gasteiger partial charge is 0.140 e. The summed E-state index contributed by atoms with van der Waals surface area (Å²) in [5.74, 6) is 1.11. The summed E-state index contributed by atoms with van der Waals surface area (Å²) in [5.41, 5.74) is 2.49. The molecule has 0 bridgehead atoms. The maximum Gasteiger partial charge on any atom is 0.140 e. The van der Waals surface area contributed by atoms with Crippen molar-refractivity contribution >= 4 is 33.1 Å². The highest BCUT2D eigenvalue weighted by atomic mass is 79.9. The van der Waals surface area contributed by atoms with E-state index in [4.69, 9.17) is 4.98 Å². The average Bonchev–Trinajstić information content (AvgIpc) is 2.92. The van der Waals surface area contributed by atoms with Crippen molar-refractivity contribution < 1.29 is 0 Å². The number of piperazine rings is 1. The van der Waals surface area contributed by atoms with E-state index in [-0.39, 0.29) is 0 Å². The topological polar surface area (TPSA) is 28.2 Å². The van der Waals surface area contributed by atoms with E-state index < -0.39 is 0 Å². The van der Waals surface area contributed by atoms with Crippen LogP contribution in [0.5, 0.6) is 0 Å². The van der Waals surface area contributed by atoms with Crippen molar-refractivity contribution in [1.29, 1.82) is 0 Å². The molecule has 0 spiro atoms. The molecule has 0 radical (unpaired) electrons. The number of thiazole rings is 1. The Morgan fingerprint density at radius 3 is 2.89 bits per heavy atom. The molecule has 1 N–H and O–H groups in total. The molecule has 0 saturated carbocycles. The Bertz CT molecular complexity index is 576. The number of hydrogen-bond acceptors (Lipinski definition) is 4. The van der Waals surface area contributed by atoms with Crippen molar-refractivity contribution in [3.05, 3.63) is 33.6 Å². The molecule has 100 valence electrons. The van der Waals surface area contributed by atoms with Crippen LogP contribution in [0.25, 0.3) is 10.6 Å². The van der Waals surface area contributed by atoms with Crippen LogP contribution in [0.3, 0.4) is 0 Å². The highest BCUT2D eigenvalue weighted by Crippen LogP contribution is 2.31. The first-order chi connectivity index (χ1) is 9.24. The zero-order chi connectivity index (χ0) is 13.2. The van der Waals surface area contributed by atoms with E-state index >= 15 is 0 Å². The predicted molar refractivity (Wildman–Crippen MR) is 85.1 cm³/mol. The van der Waals surface area contributed by atoms with Crippen LogP contribution in [0.15, 0.2) is 28.1 Å². The third kappa shape index (κ3) is 2.83. The number of rotatable bonds is 2. The van der Waals surface area contributed by atoms with E-state index in [1.165, 1.54) is 11.1 Å². The standard InChI is InChI=1S/C14H16BrN3S/c1-10-2-3-11(15)8-12(10)14-17-13(9-19-14)18-6-4-16-5-7-18/h2-3,8-9,16H,4-7H2,1H3. The van der Waals surface area contributed by atoms with Crippen LogP contribution in [0, 0.1) is 6.92 Å². The summed E-state index contributed by atoms with van der Waals surface area (Å²) in [6.07, 6.45) is 0. The first-order valence-electron chi connectivity index (χ1n) is 6.42. The molecule has 1 aliphatic rings. The first kappa shape index (κ1) is 13.1. The third-order valence-corrected chi connectivity index (χ3v) is 4.72. The molecule has 1 aliphatic heterocycles. The summed E-state index contributed by atoms with van der Waals surface area (Å²) >= 11 is 5.26. The van der Waals surface area contributed by atoms with Crippen LogP contribution in [-0.4, -0.2) is 31.2 Å². The lowest BCUT2D eigenvalue weighted by molar-refractivity contribution is 0.586. The van der Waals surface area contributed by atoms with Gasteiger partial charge in [-0.2, -0.15) is 0 Å². The number of anilines is 1. The van der Waals surface area contributed by atoms with Crippen molar-refractivity contribution in [3.63, 3.8) is 0 Å². The van der Waals surface area contributed by atoms with E-state index in [9.17, 15) is 0 Å². The molecule has 0 atom stereocenters. The Morgan fingerprint density at radius 2 is 2.11 bits per heavy atom. The molecule has 0 aliphatic carbocycles. The molecule has 0 amide bonds. The van der Waals surface area contributed by atoms with E-state index in [2.05, 4.69) is 56.6 Å². The van der Waals surface area contributed by atoms with Gasteiger partial charge in [-0.1, -0.05) is 22.0 Å². The summed E-state index contributed by atoms with van der Waals surface area (Å²) in [6.45, 7) is 6.31. The maximum absolute atomic E-state index is 4.80. The van der Waals surface area contributed by atoms with E-state index in [0.29, 0.717) is 0 Å². The fourth-order valence-corrected chi connectivity index (χ4v) is 3.53.